The highest BCUT2D eigenvalue weighted by Gasteiger charge is 2.40. The first-order valence-corrected chi connectivity index (χ1v) is 10.1. The lowest BCUT2D eigenvalue weighted by Gasteiger charge is -2.16. The van der Waals surface area contributed by atoms with Crippen LogP contribution in [-0.2, 0) is 9.59 Å². The molecule has 0 bridgehead atoms. The van der Waals surface area contributed by atoms with Crippen molar-refractivity contribution in [2.75, 3.05) is 23.9 Å². The van der Waals surface area contributed by atoms with E-state index in [-0.39, 0.29) is 18.4 Å². The molecule has 0 unspecified atom stereocenters. The molecule has 0 atom stereocenters. The Morgan fingerprint density at radius 2 is 1.71 bits per heavy atom. The molecule has 1 aliphatic rings. The van der Waals surface area contributed by atoms with Gasteiger partial charge in [-0.1, -0.05) is 18.2 Å². The molecule has 2 aromatic carbocycles. The highest BCUT2D eigenvalue weighted by molar-refractivity contribution is 8.04. The van der Waals surface area contributed by atoms with E-state index in [9.17, 15) is 14.7 Å². The van der Waals surface area contributed by atoms with Crippen molar-refractivity contribution in [2.24, 2.45) is 0 Å². The van der Waals surface area contributed by atoms with Gasteiger partial charge >= 0.3 is 0 Å². The quantitative estimate of drug-likeness (QED) is 0.722. The van der Waals surface area contributed by atoms with Crippen LogP contribution in [-0.4, -0.2) is 35.9 Å². The topological polar surface area (TPSA) is 66.8 Å². The number of aliphatic hydroxyl groups is 1. The van der Waals surface area contributed by atoms with Crippen LogP contribution < -0.4 is 9.64 Å². The fourth-order valence-electron chi connectivity index (χ4n) is 3.04. The maximum absolute atomic E-state index is 13.2. The van der Waals surface area contributed by atoms with Crippen LogP contribution in [0.2, 0.25) is 0 Å². The Morgan fingerprint density at radius 3 is 2.32 bits per heavy atom. The van der Waals surface area contributed by atoms with Crippen LogP contribution in [0.25, 0.3) is 5.57 Å². The zero-order valence-electron chi connectivity index (χ0n) is 16.2. The van der Waals surface area contributed by atoms with Crippen LogP contribution in [0.4, 0.5) is 5.69 Å². The van der Waals surface area contributed by atoms with Gasteiger partial charge in [0.05, 0.1) is 29.4 Å². The molecule has 3 rings (SSSR count). The summed E-state index contributed by atoms with van der Waals surface area (Å²) in [6, 6.07) is 12.6. The van der Waals surface area contributed by atoms with Crippen LogP contribution in [0.5, 0.6) is 5.75 Å². The van der Waals surface area contributed by atoms with E-state index in [1.165, 1.54) is 16.7 Å². The summed E-state index contributed by atoms with van der Waals surface area (Å²) in [4.78, 5) is 27.9. The molecule has 5 nitrogen and oxygen atoms in total. The van der Waals surface area contributed by atoms with Crippen LogP contribution in [0.3, 0.4) is 0 Å². The zero-order valence-corrected chi connectivity index (χ0v) is 17.0. The summed E-state index contributed by atoms with van der Waals surface area (Å²) >= 11 is 1.21. The zero-order chi connectivity index (χ0) is 20.3. The number of aryl methyl sites for hydroxylation is 2. The first-order chi connectivity index (χ1) is 13.5. The van der Waals surface area contributed by atoms with Crippen molar-refractivity contribution < 1.29 is 19.4 Å². The average molecular weight is 397 g/mol. The molecule has 1 heterocycles. The third kappa shape index (κ3) is 3.84. The molecular weight excluding hydrogens is 374 g/mol. The molecule has 0 spiro atoms. The van der Waals surface area contributed by atoms with Gasteiger partial charge in [0.15, 0.2) is 0 Å². The minimum atomic E-state index is -0.360. The number of nitrogens with zero attached hydrogens (tertiary/aromatic N) is 1. The van der Waals surface area contributed by atoms with E-state index in [0.29, 0.717) is 34.3 Å². The highest BCUT2D eigenvalue weighted by Crippen LogP contribution is 2.39. The van der Waals surface area contributed by atoms with Crippen LogP contribution in [0, 0.1) is 13.8 Å². The summed E-state index contributed by atoms with van der Waals surface area (Å²) in [5.41, 5.74) is 3.78. The molecule has 1 N–H and O–H groups in total. The standard InChI is InChI=1S/C22H23NO4S/c1-4-27-18-9-7-17(8-10-18)23-21(25)19(20(22(23)26)28-12-11-24)16-6-5-14(2)15(3)13-16/h5-10,13,24H,4,11-12H2,1-3H3. The van der Waals surface area contributed by atoms with E-state index in [0.717, 1.165) is 16.7 Å². The van der Waals surface area contributed by atoms with Gasteiger partial charge in [0.25, 0.3) is 11.8 Å². The Kier molecular flexibility index (Phi) is 6.21. The SMILES string of the molecule is CCOc1ccc(N2C(=O)C(SCCO)=C(c3ccc(C)c(C)c3)C2=O)cc1. The number of anilines is 1. The molecule has 146 valence electrons. The second-order valence-corrected chi connectivity index (χ2v) is 7.55. The first kappa shape index (κ1) is 20.2. The van der Waals surface area contributed by atoms with Gasteiger partial charge in [0, 0.05) is 5.75 Å². The molecule has 0 radical (unpaired) electrons. The molecule has 0 fully saturated rings. The van der Waals surface area contributed by atoms with Crippen molar-refractivity contribution >= 4 is 34.8 Å². The van der Waals surface area contributed by atoms with Gasteiger partial charge < -0.3 is 9.84 Å². The third-order valence-corrected chi connectivity index (χ3v) is 5.63. The molecule has 28 heavy (non-hydrogen) atoms. The highest BCUT2D eigenvalue weighted by atomic mass is 32.2. The van der Waals surface area contributed by atoms with E-state index in [1.54, 1.807) is 24.3 Å². The summed E-state index contributed by atoms with van der Waals surface area (Å²) in [7, 11) is 0. The number of amides is 2. The van der Waals surface area contributed by atoms with Crippen molar-refractivity contribution in [2.45, 2.75) is 20.8 Å². The van der Waals surface area contributed by atoms with Crippen molar-refractivity contribution in [3.63, 3.8) is 0 Å². The summed E-state index contributed by atoms with van der Waals surface area (Å²) in [5.74, 6) is 0.320. The molecule has 0 aliphatic carbocycles. The maximum Gasteiger partial charge on any atom is 0.272 e. The molecule has 6 heteroatoms. The minimum absolute atomic E-state index is 0.0705. The number of aliphatic hydroxyl groups excluding tert-OH is 1. The Bertz CT molecular complexity index is 934. The number of carbonyl (C=O) groups excluding carboxylic acids is 2. The summed E-state index contributed by atoms with van der Waals surface area (Å²) in [6.45, 7) is 6.35. The Morgan fingerprint density at radius 1 is 1.00 bits per heavy atom. The van der Waals surface area contributed by atoms with Crippen LogP contribution in [0.1, 0.15) is 23.6 Å². The van der Waals surface area contributed by atoms with E-state index in [2.05, 4.69) is 0 Å². The monoisotopic (exact) mass is 397 g/mol. The van der Waals surface area contributed by atoms with Gasteiger partial charge in [-0.25, -0.2) is 4.90 Å². The Labute approximate surface area is 169 Å². The predicted octanol–water partition coefficient (Wildman–Crippen LogP) is 3.71. The van der Waals surface area contributed by atoms with E-state index >= 15 is 0 Å². The van der Waals surface area contributed by atoms with Gasteiger partial charge in [0.2, 0.25) is 0 Å². The van der Waals surface area contributed by atoms with Gasteiger partial charge in [-0.3, -0.25) is 9.59 Å². The number of benzene rings is 2. The minimum Gasteiger partial charge on any atom is -0.494 e. The van der Waals surface area contributed by atoms with Crippen molar-refractivity contribution in [3.05, 3.63) is 64.1 Å². The Balaban J connectivity index is 2.02. The number of imide groups is 1. The number of carbonyl (C=O) groups is 2. The van der Waals surface area contributed by atoms with Gasteiger partial charge in [-0.2, -0.15) is 0 Å². The first-order valence-electron chi connectivity index (χ1n) is 9.15. The summed E-state index contributed by atoms with van der Waals surface area (Å²) < 4.78 is 5.44. The molecule has 0 saturated heterocycles. The molecule has 2 aromatic rings. The van der Waals surface area contributed by atoms with Crippen molar-refractivity contribution in [3.8, 4) is 5.75 Å². The third-order valence-electron chi connectivity index (χ3n) is 4.58. The molecule has 1 aliphatic heterocycles. The van der Waals surface area contributed by atoms with Crippen LogP contribution >= 0.6 is 11.8 Å². The fraction of sp³-hybridized carbons (Fsp3) is 0.273. The fourth-order valence-corrected chi connectivity index (χ4v) is 3.90. The number of ether oxygens (including phenoxy) is 1. The molecule has 0 saturated carbocycles. The number of hydrogen-bond acceptors (Lipinski definition) is 5. The summed E-state index contributed by atoms with van der Waals surface area (Å²) in [5, 5.41) is 9.21. The second-order valence-electron chi connectivity index (χ2n) is 6.45. The summed E-state index contributed by atoms with van der Waals surface area (Å²) in [6.07, 6.45) is 0. The molecule has 2 amide bonds. The van der Waals surface area contributed by atoms with E-state index in [4.69, 9.17) is 4.74 Å². The molecule has 0 aromatic heterocycles. The van der Waals surface area contributed by atoms with Crippen LogP contribution in [0.15, 0.2) is 47.4 Å². The lowest BCUT2D eigenvalue weighted by Crippen LogP contribution is -2.31. The molecular formula is C22H23NO4S. The van der Waals surface area contributed by atoms with Gasteiger partial charge in [0.1, 0.15) is 5.75 Å². The predicted molar refractivity (Wildman–Crippen MR) is 112 cm³/mol. The second kappa shape index (κ2) is 8.63. The van der Waals surface area contributed by atoms with Gasteiger partial charge in [-0.05, 0) is 61.7 Å². The normalized spacial score (nSPS) is 14.2. The van der Waals surface area contributed by atoms with Crippen molar-refractivity contribution in [1.29, 1.82) is 0 Å². The average Bonchev–Trinajstić information content (AvgIpc) is 2.93. The van der Waals surface area contributed by atoms with Crippen molar-refractivity contribution in [1.82, 2.24) is 0 Å². The largest absolute Gasteiger partial charge is 0.494 e. The Hall–Kier alpha value is -2.57. The number of rotatable bonds is 7. The lowest BCUT2D eigenvalue weighted by atomic mass is 10.0. The van der Waals surface area contributed by atoms with Gasteiger partial charge in [-0.15, -0.1) is 11.8 Å². The lowest BCUT2D eigenvalue weighted by molar-refractivity contribution is -0.119. The van der Waals surface area contributed by atoms with E-state index < -0.39 is 0 Å². The number of thioether (sulfide) groups is 1. The van der Waals surface area contributed by atoms with E-state index in [1.807, 2.05) is 39.0 Å². The smallest absolute Gasteiger partial charge is 0.272 e. The maximum atomic E-state index is 13.2. The number of hydrogen-bond donors (Lipinski definition) is 1.